The quantitative estimate of drug-likeness (QED) is 0.450. The summed E-state index contributed by atoms with van der Waals surface area (Å²) in [7, 11) is -3.90. The molecule has 0 spiro atoms. The zero-order chi connectivity index (χ0) is 23.7. The number of carbonyl (C=O) groups excluding carboxylic acids is 1. The second-order valence-corrected chi connectivity index (χ2v) is 10.5. The van der Waals surface area contributed by atoms with Crippen molar-refractivity contribution in [3.63, 3.8) is 0 Å². The molecule has 0 saturated carbocycles. The van der Waals surface area contributed by atoms with Crippen molar-refractivity contribution in [2.24, 2.45) is 0 Å². The lowest BCUT2D eigenvalue weighted by Crippen LogP contribution is -2.48. The predicted molar refractivity (Wildman–Crippen MR) is 131 cm³/mol. The van der Waals surface area contributed by atoms with Crippen molar-refractivity contribution in [1.29, 1.82) is 0 Å². The van der Waals surface area contributed by atoms with Crippen LogP contribution in [-0.2, 0) is 14.8 Å². The molecule has 0 bridgehead atoms. The Morgan fingerprint density at radius 2 is 1.71 bits per heavy atom. The lowest BCUT2D eigenvalue weighted by molar-refractivity contribution is -0.122. The molecule has 1 aliphatic rings. The van der Waals surface area contributed by atoms with E-state index in [0.29, 0.717) is 21.6 Å². The second-order valence-electron chi connectivity index (χ2n) is 7.69. The number of amides is 1. The van der Waals surface area contributed by atoms with Crippen molar-refractivity contribution < 1.29 is 17.9 Å². The second kappa shape index (κ2) is 8.88. The Morgan fingerprint density at radius 3 is 2.47 bits per heavy atom. The number of carbonyl (C=O) groups is 1. The van der Waals surface area contributed by atoms with E-state index in [1.165, 1.54) is 27.8 Å². The molecule has 10 heteroatoms. The minimum Gasteiger partial charge on any atom is -0.476 e. The summed E-state index contributed by atoms with van der Waals surface area (Å²) >= 11 is 1.23. The molecule has 2 heterocycles. The van der Waals surface area contributed by atoms with Gasteiger partial charge in [-0.15, -0.1) is 10.2 Å². The molecule has 1 atom stereocenters. The van der Waals surface area contributed by atoms with Gasteiger partial charge in [-0.3, -0.25) is 14.4 Å². The van der Waals surface area contributed by atoms with Crippen LogP contribution >= 0.6 is 11.3 Å². The number of hydrogen-bond donors (Lipinski definition) is 1. The highest BCUT2D eigenvalue weighted by Gasteiger charge is 2.37. The van der Waals surface area contributed by atoms with E-state index in [2.05, 4.69) is 15.5 Å². The van der Waals surface area contributed by atoms with E-state index < -0.39 is 22.0 Å². The van der Waals surface area contributed by atoms with Gasteiger partial charge in [0, 0.05) is 5.56 Å². The molecular formula is C24H20N4O4S2. The Labute approximate surface area is 200 Å². The Kier molecular flexibility index (Phi) is 5.76. The summed E-state index contributed by atoms with van der Waals surface area (Å²) in [6.07, 6.45) is -1.07. The first-order valence-electron chi connectivity index (χ1n) is 10.5. The zero-order valence-corrected chi connectivity index (χ0v) is 19.7. The van der Waals surface area contributed by atoms with Crippen molar-refractivity contribution in [3.05, 3.63) is 84.4 Å². The van der Waals surface area contributed by atoms with Crippen LogP contribution in [0.2, 0.25) is 0 Å². The molecule has 1 amide bonds. The molecule has 3 aromatic carbocycles. The van der Waals surface area contributed by atoms with Gasteiger partial charge in [-0.05, 0) is 31.2 Å². The third-order valence-corrected chi connectivity index (χ3v) is 7.99. The van der Waals surface area contributed by atoms with Crippen LogP contribution in [-0.4, -0.2) is 37.2 Å². The zero-order valence-electron chi connectivity index (χ0n) is 18.1. The van der Waals surface area contributed by atoms with Crippen LogP contribution < -0.4 is 14.4 Å². The number of hydrogen-bond acceptors (Lipinski definition) is 7. The fraction of sp³-hybridized carbons (Fsp3) is 0.125. The van der Waals surface area contributed by atoms with E-state index in [9.17, 15) is 13.2 Å². The lowest BCUT2D eigenvalue weighted by Gasteiger charge is -2.34. The minimum atomic E-state index is -3.90. The van der Waals surface area contributed by atoms with Crippen LogP contribution in [0.25, 0.3) is 10.6 Å². The first-order valence-corrected chi connectivity index (χ1v) is 12.7. The molecule has 1 aromatic heterocycles. The van der Waals surface area contributed by atoms with Gasteiger partial charge in [-0.2, -0.15) is 0 Å². The van der Waals surface area contributed by atoms with Crippen LogP contribution in [0.15, 0.2) is 83.8 Å². The molecule has 0 unspecified atom stereocenters. The average molecular weight is 493 g/mol. The van der Waals surface area contributed by atoms with Gasteiger partial charge in [-0.1, -0.05) is 71.5 Å². The number of benzene rings is 3. The summed E-state index contributed by atoms with van der Waals surface area (Å²) in [6.45, 7) is 1.82. The van der Waals surface area contributed by atoms with E-state index in [-0.39, 0.29) is 11.4 Å². The molecule has 172 valence electrons. The highest BCUT2D eigenvalue weighted by atomic mass is 32.2. The first-order chi connectivity index (χ1) is 16.4. The van der Waals surface area contributed by atoms with Crippen LogP contribution in [0.5, 0.6) is 5.75 Å². The topological polar surface area (TPSA) is 101 Å². The Balaban J connectivity index is 1.39. The summed E-state index contributed by atoms with van der Waals surface area (Å²) in [5.41, 5.74) is 2.41. The van der Waals surface area contributed by atoms with Gasteiger partial charge in [0.1, 0.15) is 10.8 Å². The monoisotopic (exact) mass is 492 g/mol. The first kappa shape index (κ1) is 22.1. The van der Waals surface area contributed by atoms with Crippen LogP contribution in [0.3, 0.4) is 0 Å². The van der Waals surface area contributed by atoms with Crippen molar-refractivity contribution in [3.8, 4) is 16.3 Å². The highest BCUT2D eigenvalue weighted by Crippen LogP contribution is 2.37. The van der Waals surface area contributed by atoms with E-state index in [1.54, 1.807) is 42.5 Å². The molecule has 8 nitrogen and oxygen atoms in total. The van der Waals surface area contributed by atoms with Crippen molar-refractivity contribution in [2.75, 3.05) is 16.2 Å². The molecule has 1 N–H and O–H groups in total. The van der Waals surface area contributed by atoms with Gasteiger partial charge in [0.05, 0.1) is 17.1 Å². The molecule has 0 radical (unpaired) electrons. The predicted octanol–water partition coefficient (Wildman–Crippen LogP) is 4.11. The maximum atomic E-state index is 13.4. The van der Waals surface area contributed by atoms with Crippen molar-refractivity contribution in [1.82, 2.24) is 10.2 Å². The van der Waals surface area contributed by atoms with Crippen LogP contribution in [0, 0.1) is 6.92 Å². The maximum absolute atomic E-state index is 13.4. The molecule has 4 aromatic rings. The number of anilines is 2. The summed E-state index contributed by atoms with van der Waals surface area (Å²) in [6, 6.07) is 22.7. The standard InChI is InChI=1S/C24H20N4O4S2/c1-16-11-13-17(14-12-16)23-26-27-24(33-23)25-22(29)21-15-28(19-9-5-6-10-20(19)32-21)34(30,31)18-7-3-2-4-8-18/h2-14,21H,15H2,1H3,(H,25,27,29)/t21-/m1/s1. The molecule has 0 aliphatic carbocycles. The van der Waals surface area contributed by atoms with Gasteiger partial charge in [-0.25, -0.2) is 8.42 Å². The summed E-state index contributed by atoms with van der Waals surface area (Å²) in [5, 5.41) is 11.9. The Hall–Kier alpha value is -3.76. The van der Waals surface area contributed by atoms with E-state index in [1.807, 2.05) is 31.2 Å². The van der Waals surface area contributed by atoms with E-state index >= 15 is 0 Å². The molecular weight excluding hydrogens is 472 g/mol. The largest absolute Gasteiger partial charge is 0.476 e. The average Bonchev–Trinajstić information content (AvgIpc) is 3.32. The molecule has 5 rings (SSSR count). The highest BCUT2D eigenvalue weighted by molar-refractivity contribution is 7.92. The number of sulfonamides is 1. The maximum Gasteiger partial charge on any atom is 0.269 e. The lowest BCUT2D eigenvalue weighted by atomic mass is 10.2. The smallest absolute Gasteiger partial charge is 0.269 e. The van der Waals surface area contributed by atoms with Gasteiger partial charge >= 0.3 is 0 Å². The number of ether oxygens (including phenoxy) is 1. The van der Waals surface area contributed by atoms with E-state index in [4.69, 9.17) is 4.74 Å². The summed E-state index contributed by atoms with van der Waals surface area (Å²) in [4.78, 5) is 13.2. The summed E-state index contributed by atoms with van der Waals surface area (Å²) in [5.74, 6) is -0.194. The number of nitrogens with one attached hydrogen (secondary N) is 1. The number of para-hydroxylation sites is 2. The van der Waals surface area contributed by atoms with Crippen LogP contribution in [0.1, 0.15) is 5.56 Å². The fourth-order valence-electron chi connectivity index (χ4n) is 3.56. The minimum absolute atomic E-state index is 0.137. The Bertz CT molecular complexity index is 1440. The number of rotatable bonds is 5. The number of fused-ring (bicyclic) bond motifs is 1. The third kappa shape index (κ3) is 4.25. The molecule has 0 saturated heterocycles. The van der Waals surface area contributed by atoms with Crippen LogP contribution in [0.4, 0.5) is 10.8 Å². The van der Waals surface area contributed by atoms with Gasteiger partial charge in [0.15, 0.2) is 6.10 Å². The normalized spacial score (nSPS) is 15.3. The molecule has 34 heavy (non-hydrogen) atoms. The number of nitrogens with zero attached hydrogens (tertiary/aromatic N) is 3. The summed E-state index contributed by atoms with van der Waals surface area (Å²) < 4.78 is 33.8. The molecule has 0 fully saturated rings. The van der Waals surface area contributed by atoms with Crippen molar-refractivity contribution in [2.45, 2.75) is 17.9 Å². The Morgan fingerprint density at radius 1 is 1.00 bits per heavy atom. The fourth-order valence-corrected chi connectivity index (χ4v) is 5.81. The van der Waals surface area contributed by atoms with Gasteiger partial charge < -0.3 is 4.74 Å². The van der Waals surface area contributed by atoms with Gasteiger partial charge in [0.2, 0.25) is 5.13 Å². The SMILES string of the molecule is Cc1ccc(-c2nnc(NC(=O)[C@H]3CN(S(=O)(=O)c4ccccc4)c4ccccc4O3)s2)cc1. The third-order valence-electron chi connectivity index (χ3n) is 5.31. The van der Waals surface area contributed by atoms with Gasteiger partial charge in [0.25, 0.3) is 15.9 Å². The molecule has 1 aliphatic heterocycles. The van der Waals surface area contributed by atoms with E-state index in [0.717, 1.165) is 11.1 Å². The van der Waals surface area contributed by atoms with Crippen molar-refractivity contribution >= 4 is 38.1 Å². The number of aryl methyl sites for hydroxylation is 1. The number of aromatic nitrogens is 2.